The molecule has 0 bridgehead atoms. The van der Waals surface area contributed by atoms with Crippen molar-refractivity contribution in [1.29, 1.82) is 0 Å². The van der Waals surface area contributed by atoms with Crippen molar-refractivity contribution in [2.45, 2.75) is 25.9 Å². The second-order valence-electron chi connectivity index (χ2n) is 6.17. The van der Waals surface area contributed by atoms with Gasteiger partial charge in [-0.25, -0.2) is 8.78 Å². The van der Waals surface area contributed by atoms with Gasteiger partial charge in [-0.3, -0.25) is 4.79 Å². The first kappa shape index (κ1) is 18.3. The van der Waals surface area contributed by atoms with Crippen LogP contribution in [0.3, 0.4) is 0 Å². The molecule has 136 valence electrons. The fourth-order valence-corrected chi connectivity index (χ4v) is 2.98. The molecule has 3 rings (SSSR count). The van der Waals surface area contributed by atoms with Gasteiger partial charge in [-0.1, -0.05) is 24.3 Å². The molecule has 4 nitrogen and oxygen atoms in total. The average Bonchev–Trinajstić information content (AvgIpc) is 3.02. The van der Waals surface area contributed by atoms with Crippen LogP contribution >= 0.6 is 12.2 Å². The molecule has 2 N–H and O–H groups in total. The van der Waals surface area contributed by atoms with Gasteiger partial charge in [0.1, 0.15) is 0 Å². The monoisotopic (exact) mass is 375 g/mol. The van der Waals surface area contributed by atoms with E-state index in [-0.39, 0.29) is 5.91 Å². The van der Waals surface area contributed by atoms with Crippen molar-refractivity contribution in [3.05, 3.63) is 65.2 Å². The van der Waals surface area contributed by atoms with Crippen molar-refractivity contribution < 1.29 is 13.6 Å². The summed E-state index contributed by atoms with van der Waals surface area (Å²) in [5.74, 6) is -1.61. The van der Waals surface area contributed by atoms with Gasteiger partial charge in [0.05, 0.1) is 0 Å². The van der Waals surface area contributed by atoms with Gasteiger partial charge < -0.3 is 15.5 Å². The molecule has 0 radical (unpaired) electrons. The van der Waals surface area contributed by atoms with Crippen LogP contribution in [0.15, 0.2) is 42.5 Å². The van der Waals surface area contributed by atoms with E-state index in [4.69, 9.17) is 12.2 Å². The standard InChI is InChI=1S/C19H19F2N3OS/c20-16-8-7-15(10-17(16)21)23-19(26)22-11-13-3-5-14(6-4-13)12-24-9-1-2-18(24)25/h3-8,10H,1-2,9,11-12H2,(H2,22,23,26). The summed E-state index contributed by atoms with van der Waals surface area (Å²) >= 11 is 5.16. The number of carbonyl (C=O) groups excluding carboxylic acids is 1. The SMILES string of the molecule is O=C1CCCN1Cc1ccc(CNC(=S)Nc2ccc(F)c(F)c2)cc1. The van der Waals surface area contributed by atoms with Gasteiger partial charge in [0, 0.05) is 37.8 Å². The van der Waals surface area contributed by atoms with Crippen LogP contribution in [-0.2, 0) is 17.9 Å². The molecule has 0 aromatic heterocycles. The maximum absolute atomic E-state index is 13.2. The minimum absolute atomic E-state index is 0.212. The lowest BCUT2D eigenvalue weighted by Crippen LogP contribution is -2.28. The quantitative estimate of drug-likeness (QED) is 0.785. The van der Waals surface area contributed by atoms with Crippen molar-refractivity contribution in [3.63, 3.8) is 0 Å². The van der Waals surface area contributed by atoms with Crippen LogP contribution in [0.25, 0.3) is 0 Å². The number of hydrogen-bond donors (Lipinski definition) is 2. The number of thiocarbonyl (C=S) groups is 1. The lowest BCUT2D eigenvalue weighted by atomic mass is 10.1. The number of anilines is 1. The Morgan fingerprint density at radius 1 is 1.08 bits per heavy atom. The largest absolute Gasteiger partial charge is 0.358 e. The summed E-state index contributed by atoms with van der Waals surface area (Å²) in [7, 11) is 0. The predicted molar refractivity (Wildman–Crippen MR) is 101 cm³/mol. The van der Waals surface area contributed by atoms with E-state index < -0.39 is 11.6 Å². The van der Waals surface area contributed by atoms with Gasteiger partial charge in [-0.05, 0) is 41.9 Å². The Hall–Kier alpha value is -2.54. The summed E-state index contributed by atoms with van der Waals surface area (Å²) < 4.78 is 26.1. The molecule has 1 aliphatic heterocycles. The molecule has 1 heterocycles. The molecule has 1 aliphatic rings. The molecular formula is C19H19F2N3OS. The number of benzene rings is 2. The van der Waals surface area contributed by atoms with Crippen LogP contribution in [0, 0.1) is 11.6 Å². The van der Waals surface area contributed by atoms with E-state index in [1.165, 1.54) is 6.07 Å². The van der Waals surface area contributed by atoms with E-state index in [2.05, 4.69) is 10.6 Å². The Kier molecular flexibility index (Phi) is 5.78. The van der Waals surface area contributed by atoms with Crippen LogP contribution in [0.4, 0.5) is 14.5 Å². The minimum Gasteiger partial charge on any atom is -0.358 e. The zero-order valence-electron chi connectivity index (χ0n) is 14.1. The fourth-order valence-electron chi connectivity index (χ4n) is 2.79. The Labute approximate surface area is 156 Å². The molecule has 0 unspecified atom stereocenters. The third-order valence-electron chi connectivity index (χ3n) is 4.20. The summed E-state index contributed by atoms with van der Waals surface area (Å²) in [6.07, 6.45) is 1.58. The maximum atomic E-state index is 13.2. The van der Waals surface area contributed by atoms with Crippen molar-refractivity contribution in [2.75, 3.05) is 11.9 Å². The Bertz CT molecular complexity index is 811. The Balaban J connectivity index is 1.48. The van der Waals surface area contributed by atoms with E-state index in [1.807, 2.05) is 29.2 Å². The van der Waals surface area contributed by atoms with Crippen molar-refractivity contribution in [3.8, 4) is 0 Å². The summed E-state index contributed by atoms with van der Waals surface area (Å²) in [5.41, 5.74) is 2.49. The number of nitrogens with zero attached hydrogens (tertiary/aromatic N) is 1. The summed E-state index contributed by atoms with van der Waals surface area (Å²) in [6, 6.07) is 11.5. The average molecular weight is 375 g/mol. The normalized spacial score (nSPS) is 13.8. The van der Waals surface area contributed by atoms with E-state index in [0.717, 1.165) is 36.2 Å². The van der Waals surface area contributed by atoms with Gasteiger partial charge in [0.2, 0.25) is 5.91 Å². The Morgan fingerprint density at radius 3 is 2.46 bits per heavy atom. The third-order valence-corrected chi connectivity index (χ3v) is 4.44. The molecule has 0 atom stereocenters. The molecule has 2 aromatic rings. The van der Waals surface area contributed by atoms with Crippen LogP contribution in [0.2, 0.25) is 0 Å². The molecule has 1 fully saturated rings. The molecule has 1 amide bonds. The van der Waals surface area contributed by atoms with E-state index in [0.29, 0.717) is 30.3 Å². The zero-order chi connectivity index (χ0) is 18.5. The number of likely N-dealkylation sites (tertiary alicyclic amines) is 1. The van der Waals surface area contributed by atoms with Gasteiger partial charge in [-0.2, -0.15) is 0 Å². The summed E-state index contributed by atoms with van der Waals surface area (Å²) in [5, 5.41) is 6.16. The molecule has 26 heavy (non-hydrogen) atoms. The first-order valence-electron chi connectivity index (χ1n) is 8.37. The minimum atomic E-state index is -0.926. The van der Waals surface area contributed by atoms with Gasteiger partial charge in [0.15, 0.2) is 16.7 Å². The molecule has 1 saturated heterocycles. The van der Waals surface area contributed by atoms with Crippen molar-refractivity contribution in [1.82, 2.24) is 10.2 Å². The molecular weight excluding hydrogens is 356 g/mol. The third kappa shape index (κ3) is 4.76. The first-order valence-corrected chi connectivity index (χ1v) is 8.77. The molecule has 0 saturated carbocycles. The van der Waals surface area contributed by atoms with E-state index in [9.17, 15) is 13.6 Å². The number of hydrogen-bond acceptors (Lipinski definition) is 2. The number of rotatable bonds is 5. The van der Waals surface area contributed by atoms with Crippen LogP contribution < -0.4 is 10.6 Å². The van der Waals surface area contributed by atoms with Gasteiger partial charge in [-0.15, -0.1) is 0 Å². The highest BCUT2D eigenvalue weighted by Gasteiger charge is 2.19. The lowest BCUT2D eigenvalue weighted by molar-refractivity contribution is -0.128. The number of carbonyl (C=O) groups is 1. The maximum Gasteiger partial charge on any atom is 0.222 e. The molecule has 0 aliphatic carbocycles. The van der Waals surface area contributed by atoms with Gasteiger partial charge >= 0.3 is 0 Å². The smallest absolute Gasteiger partial charge is 0.222 e. The number of amides is 1. The van der Waals surface area contributed by atoms with Gasteiger partial charge in [0.25, 0.3) is 0 Å². The van der Waals surface area contributed by atoms with Crippen molar-refractivity contribution in [2.24, 2.45) is 0 Å². The molecule has 2 aromatic carbocycles. The first-order chi connectivity index (χ1) is 12.5. The predicted octanol–water partition coefficient (Wildman–Crippen LogP) is 3.57. The number of nitrogens with one attached hydrogen (secondary N) is 2. The summed E-state index contributed by atoms with van der Waals surface area (Å²) in [6.45, 7) is 1.97. The number of halogens is 2. The van der Waals surface area contributed by atoms with E-state index in [1.54, 1.807) is 0 Å². The summed E-state index contributed by atoms with van der Waals surface area (Å²) in [4.78, 5) is 13.5. The van der Waals surface area contributed by atoms with Crippen LogP contribution in [-0.4, -0.2) is 22.5 Å². The lowest BCUT2D eigenvalue weighted by Gasteiger charge is -2.16. The Morgan fingerprint density at radius 2 is 1.81 bits per heavy atom. The fraction of sp³-hybridized carbons (Fsp3) is 0.263. The van der Waals surface area contributed by atoms with Crippen LogP contribution in [0.5, 0.6) is 0 Å². The molecule has 0 spiro atoms. The van der Waals surface area contributed by atoms with Crippen molar-refractivity contribution >= 4 is 28.9 Å². The second-order valence-corrected chi connectivity index (χ2v) is 6.58. The van der Waals surface area contributed by atoms with Crippen LogP contribution in [0.1, 0.15) is 24.0 Å². The molecule has 7 heteroatoms. The van der Waals surface area contributed by atoms with E-state index >= 15 is 0 Å². The topological polar surface area (TPSA) is 44.4 Å². The highest BCUT2D eigenvalue weighted by molar-refractivity contribution is 7.80. The zero-order valence-corrected chi connectivity index (χ0v) is 14.9. The highest BCUT2D eigenvalue weighted by atomic mass is 32.1. The highest BCUT2D eigenvalue weighted by Crippen LogP contribution is 2.15. The second kappa shape index (κ2) is 8.23.